The van der Waals surface area contributed by atoms with E-state index in [1.54, 1.807) is 38.3 Å². The Bertz CT molecular complexity index is 973. The van der Waals surface area contributed by atoms with E-state index in [1.807, 2.05) is 24.3 Å². The molecule has 7 nitrogen and oxygen atoms in total. The number of hydrogen-bond donors (Lipinski definition) is 0. The molecule has 0 saturated heterocycles. The topological polar surface area (TPSA) is 83.7 Å². The predicted molar refractivity (Wildman–Crippen MR) is 102 cm³/mol. The van der Waals surface area contributed by atoms with Crippen LogP contribution < -0.4 is 14.2 Å². The van der Waals surface area contributed by atoms with Crippen LogP contribution >= 0.6 is 11.8 Å². The number of benzene rings is 2. The van der Waals surface area contributed by atoms with Crippen LogP contribution in [0, 0.1) is 0 Å². The van der Waals surface area contributed by atoms with Gasteiger partial charge in [-0.15, -0.1) is 10.2 Å². The number of carbonyl (C=O) groups excluding carboxylic acids is 1. The van der Waals surface area contributed by atoms with Crippen molar-refractivity contribution in [2.45, 2.75) is 23.5 Å². The maximum atomic E-state index is 12.6. The summed E-state index contributed by atoms with van der Waals surface area (Å²) in [6.45, 7) is 2.08. The molecular formula is C20H18N2O5S. The summed E-state index contributed by atoms with van der Waals surface area (Å²) in [7, 11) is 1.59. The van der Waals surface area contributed by atoms with Gasteiger partial charge in [0.05, 0.1) is 12.4 Å². The van der Waals surface area contributed by atoms with Crippen LogP contribution in [0.5, 0.6) is 17.2 Å². The standard InChI is InChI=1S/C20H18N2O5S/c1-12(18(23)13-7-9-14(24-2)10-8-13)28-20-22-21-19(27-20)17-11-25-15-5-3-4-6-16(15)26-17/h3-10,12,17H,11H2,1-2H3. The molecule has 2 aromatic carbocycles. The normalized spacial score (nSPS) is 16.4. The van der Waals surface area contributed by atoms with Crippen molar-refractivity contribution >= 4 is 17.5 Å². The fourth-order valence-electron chi connectivity index (χ4n) is 2.73. The van der Waals surface area contributed by atoms with Gasteiger partial charge in [-0.1, -0.05) is 23.9 Å². The number of rotatable bonds is 6. The minimum Gasteiger partial charge on any atom is -0.497 e. The van der Waals surface area contributed by atoms with Crippen LogP contribution in [0.15, 0.2) is 58.2 Å². The summed E-state index contributed by atoms with van der Waals surface area (Å²) in [6.07, 6.45) is -0.482. The van der Waals surface area contributed by atoms with Gasteiger partial charge in [0.1, 0.15) is 12.4 Å². The van der Waals surface area contributed by atoms with Crippen LogP contribution in [0.25, 0.3) is 0 Å². The van der Waals surface area contributed by atoms with Crippen molar-refractivity contribution in [1.29, 1.82) is 0 Å². The second kappa shape index (κ2) is 7.93. The second-order valence-electron chi connectivity index (χ2n) is 6.12. The lowest BCUT2D eigenvalue weighted by Gasteiger charge is -2.23. The highest BCUT2D eigenvalue weighted by Crippen LogP contribution is 2.36. The molecule has 1 aliphatic heterocycles. The molecule has 144 valence electrons. The summed E-state index contributed by atoms with van der Waals surface area (Å²) in [5, 5.41) is 8.01. The molecule has 28 heavy (non-hydrogen) atoms. The maximum Gasteiger partial charge on any atom is 0.277 e. The molecule has 0 N–H and O–H groups in total. The van der Waals surface area contributed by atoms with E-state index in [4.69, 9.17) is 18.6 Å². The molecule has 3 aromatic rings. The van der Waals surface area contributed by atoms with Crippen LogP contribution in [-0.4, -0.2) is 34.9 Å². The third kappa shape index (κ3) is 3.82. The summed E-state index contributed by atoms with van der Waals surface area (Å²) in [6, 6.07) is 14.4. The molecule has 0 spiro atoms. The zero-order valence-corrected chi connectivity index (χ0v) is 16.1. The number of hydrogen-bond acceptors (Lipinski definition) is 8. The number of ketones is 1. The molecule has 0 saturated carbocycles. The van der Waals surface area contributed by atoms with Crippen LogP contribution in [-0.2, 0) is 0 Å². The van der Waals surface area contributed by atoms with E-state index in [-0.39, 0.29) is 17.6 Å². The SMILES string of the molecule is COc1ccc(C(=O)C(C)Sc2nnc(C3COc4ccccc4O3)o2)cc1. The number of Topliss-reactive ketones (excluding diaryl/α,β-unsaturated/α-hetero) is 1. The largest absolute Gasteiger partial charge is 0.497 e. The quantitative estimate of drug-likeness (QED) is 0.456. The molecule has 2 unspecified atom stereocenters. The molecule has 1 aliphatic rings. The number of thioether (sulfide) groups is 1. The maximum absolute atomic E-state index is 12.6. The Morgan fingerprint density at radius 3 is 2.64 bits per heavy atom. The van der Waals surface area contributed by atoms with Crippen LogP contribution in [0.2, 0.25) is 0 Å². The Balaban J connectivity index is 1.41. The van der Waals surface area contributed by atoms with E-state index in [0.29, 0.717) is 33.9 Å². The zero-order valence-electron chi connectivity index (χ0n) is 15.3. The minimum atomic E-state index is -0.482. The first-order valence-corrected chi connectivity index (χ1v) is 9.59. The fraction of sp³-hybridized carbons (Fsp3) is 0.250. The Kier molecular flexibility index (Phi) is 5.21. The lowest BCUT2D eigenvalue weighted by molar-refractivity contribution is 0.0686. The van der Waals surface area contributed by atoms with E-state index in [0.717, 1.165) is 0 Å². The molecule has 0 radical (unpaired) electrons. The lowest BCUT2D eigenvalue weighted by atomic mass is 10.1. The summed E-state index contributed by atoms with van der Waals surface area (Å²) in [5.74, 6) is 2.31. The van der Waals surface area contributed by atoms with Gasteiger partial charge in [0, 0.05) is 5.56 Å². The zero-order chi connectivity index (χ0) is 19.5. The van der Waals surface area contributed by atoms with Crippen molar-refractivity contribution in [1.82, 2.24) is 10.2 Å². The van der Waals surface area contributed by atoms with Crippen molar-refractivity contribution in [3.05, 3.63) is 60.0 Å². The van der Waals surface area contributed by atoms with Gasteiger partial charge in [-0.25, -0.2) is 0 Å². The molecule has 2 heterocycles. The number of methoxy groups -OCH3 is 1. The Labute approximate surface area is 166 Å². The smallest absolute Gasteiger partial charge is 0.277 e. The fourth-order valence-corrected chi connectivity index (χ4v) is 3.50. The Morgan fingerprint density at radius 1 is 1.14 bits per heavy atom. The van der Waals surface area contributed by atoms with Gasteiger partial charge in [-0.2, -0.15) is 0 Å². The van der Waals surface area contributed by atoms with Gasteiger partial charge < -0.3 is 18.6 Å². The number of para-hydroxylation sites is 2. The number of aromatic nitrogens is 2. The molecule has 0 fully saturated rings. The molecule has 8 heteroatoms. The first-order chi connectivity index (χ1) is 13.6. The predicted octanol–water partition coefficient (Wildman–Crippen LogP) is 3.95. The van der Waals surface area contributed by atoms with Gasteiger partial charge in [-0.3, -0.25) is 4.79 Å². The van der Waals surface area contributed by atoms with Gasteiger partial charge >= 0.3 is 0 Å². The van der Waals surface area contributed by atoms with Crippen molar-refractivity contribution in [3.8, 4) is 17.2 Å². The highest BCUT2D eigenvalue weighted by atomic mass is 32.2. The van der Waals surface area contributed by atoms with Gasteiger partial charge in [0.2, 0.25) is 6.10 Å². The third-order valence-electron chi connectivity index (χ3n) is 4.23. The average molecular weight is 398 g/mol. The first kappa shape index (κ1) is 18.4. The van der Waals surface area contributed by atoms with E-state index in [1.165, 1.54) is 11.8 Å². The summed E-state index contributed by atoms with van der Waals surface area (Å²) in [5.41, 5.74) is 0.598. The van der Waals surface area contributed by atoms with Crippen molar-refractivity contribution in [2.75, 3.05) is 13.7 Å². The highest BCUT2D eigenvalue weighted by Gasteiger charge is 2.28. The second-order valence-corrected chi connectivity index (χ2v) is 7.42. The van der Waals surface area contributed by atoms with E-state index in [9.17, 15) is 4.79 Å². The minimum absolute atomic E-state index is 0.0291. The average Bonchev–Trinajstić information content (AvgIpc) is 3.21. The Hall–Kier alpha value is -3.00. The number of carbonyl (C=O) groups is 1. The van der Waals surface area contributed by atoms with Gasteiger partial charge in [0.15, 0.2) is 17.3 Å². The Morgan fingerprint density at radius 2 is 1.89 bits per heavy atom. The van der Waals surface area contributed by atoms with Crippen molar-refractivity contribution in [3.63, 3.8) is 0 Å². The monoisotopic (exact) mass is 398 g/mol. The lowest BCUT2D eigenvalue weighted by Crippen LogP contribution is -2.21. The highest BCUT2D eigenvalue weighted by molar-refractivity contribution is 8.00. The summed E-state index contributed by atoms with van der Waals surface area (Å²) >= 11 is 1.21. The molecular weight excluding hydrogens is 380 g/mol. The van der Waals surface area contributed by atoms with Crippen LogP contribution in [0.1, 0.15) is 29.3 Å². The van der Waals surface area contributed by atoms with E-state index in [2.05, 4.69) is 10.2 Å². The van der Waals surface area contributed by atoms with Gasteiger partial charge in [0.25, 0.3) is 11.1 Å². The van der Waals surface area contributed by atoms with Crippen molar-refractivity contribution < 1.29 is 23.4 Å². The molecule has 0 bridgehead atoms. The van der Waals surface area contributed by atoms with Crippen LogP contribution in [0.4, 0.5) is 0 Å². The number of nitrogens with zero attached hydrogens (tertiary/aromatic N) is 2. The summed E-state index contributed by atoms with van der Waals surface area (Å²) in [4.78, 5) is 12.6. The van der Waals surface area contributed by atoms with E-state index < -0.39 is 6.10 Å². The van der Waals surface area contributed by atoms with Crippen molar-refractivity contribution in [2.24, 2.45) is 0 Å². The molecule has 4 rings (SSSR count). The number of ether oxygens (including phenoxy) is 3. The summed E-state index contributed by atoms with van der Waals surface area (Å²) < 4.78 is 22.3. The molecule has 1 aromatic heterocycles. The van der Waals surface area contributed by atoms with Crippen LogP contribution in [0.3, 0.4) is 0 Å². The van der Waals surface area contributed by atoms with E-state index >= 15 is 0 Å². The number of fused-ring (bicyclic) bond motifs is 1. The third-order valence-corrected chi connectivity index (χ3v) is 5.16. The molecule has 0 amide bonds. The molecule has 2 atom stereocenters. The first-order valence-electron chi connectivity index (χ1n) is 8.71. The van der Waals surface area contributed by atoms with Gasteiger partial charge in [-0.05, 0) is 43.3 Å². The molecule has 0 aliphatic carbocycles.